The molecule has 0 aromatic rings. The van der Waals surface area contributed by atoms with Crippen LogP contribution in [-0.4, -0.2) is 97.5 Å². The molecule has 1 rings (SSSR count). The van der Waals surface area contributed by atoms with Crippen LogP contribution in [0.4, 0.5) is 0 Å². The van der Waals surface area contributed by atoms with Gasteiger partial charge in [0.25, 0.3) is 0 Å². The number of ether oxygens (including phenoxy) is 4. The quantitative estimate of drug-likeness (QED) is 0.0196. The maximum Gasteiger partial charge on any atom is 0.397 e. The van der Waals surface area contributed by atoms with Gasteiger partial charge >= 0.3 is 16.4 Å². The van der Waals surface area contributed by atoms with Crippen molar-refractivity contribution in [2.75, 3.05) is 26.4 Å². The lowest BCUT2D eigenvalue weighted by Crippen LogP contribution is -2.60. The van der Waals surface area contributed by atoms with Crippen molar-refractivity contribution in [1.29, 1.82) is 0 Å². The zero-order valence-corrected chi connectivity index (χ0v) is 48.0. The fraction of sp³-hybridized carbons (Fsp3) is 0.852. The Bertz CT molecular complexity index is 1470. The third-order valence-electron chi connectivity index (χ3n) is 13.9. The van der Waals surface area contributed by atoms with Crippen molar-refractivity contribution in [3.05, 3.63) is 48.6 Å². The highest BCUT2D eigenvalue weighted by Crippen LogP contribution is 2.26. The van der Waals surface area contributed by atoms with E-state index >= 15 is 0 Å². The number of carbonyl (C=O) groups excluding carboxylic acids is 1. The molecule has 0 saturated carbocycles. The van der Waals surface area contributed by atoms with Crippen LogP contribution in [0.5, 0.6) is 0 Å². The SMILES string of the molecule is CCCCCCC/C=C\C/C=C\CCCCCCCCCCCCCCCC(=O)OC(COCCCCCCCCCCCC/C=C\C/C=C\CCCCCCC)COC1OC(CO)C(O)C(OS(=O)(=O)O)C1O. The first-order valence-corrected chi connectivity index (χ1v) is 31.8. The van der Waals surface area contributed by atoms with Crippen LogP contribution in [0.15, 0.2) is 48.6 Å². The molecule has 0 radical (unpaired) electrons. The van der Waals surface area contributed by atoms with Crippen molar-refractivity contribution in [2.45, 2.75) is 307 Å². The van der Waals surface area contributed by atoms with Crippen LogP contribution >= 0.6 is 0 Å². The van der Waals surface area contributed by atoms with E-state index in [1.807, 2.05) is 0 Å². The average Bonchev–Trinajstić information content (AvgIpc) is 3.38. The van der Waals surface area contributed by atoms with E-state index in [4.69, 9.17) is 18.9 Å². The summed E-state index contributed by atoms with van der Waals surface area (Å²) in [5.74, 6) is -0.398. The van der Waals surface area contributed by atoms with Crippen LogP contribution in [0, 0.1) is 0 Å². The Kier molecular flexibility index (Phi) is 49.0. The highest BCUT2D eigenvalue weighted by molar-refractivity contribution is 7.80. The van der Waals surface area contributed by atoms with Crippen molar-refractivity contribution in [3.63, 3.8) is 0 Å². The molecule has 12 nitrogen and oxygen atoms in total. The van der Waals surface area contributed by atoms with Gasteiger partial charge in [-0.05, 0) is 77.0 Å². The summed E-state index contributed by atoms with van der Waals surface area (Å²) in [6, 6.07) is 0. The molecule has 1 aliphatic heterocycles. The summed E-state index contributed by atoms with van der Waals surface area (Å²) in [7, 11) is -5.07. The van der Waals surface area contributed by atoms with Crippen LogP contribution in [0.1, 0.15) is 271 Å². The number of rotatable bonds is 54. The van der Waals surface area contributed by atoms with E-state index in [-0.39, 0.29) is 19.6 Å². The van der Waals surface area contributed by atoms with E-state index in [1.54, 1.807) is 0 Å². The molecule has 1 fully saturated rings. The number of hydrogen-bond donors (Lipinski definition) is 4. The highest BCUT2D eigenvalue weighted by atomic mass is 32.3. The summed E-state index contributed by atoms with van der Waals surface area (Å²) in [4.78, 5) is 13.0. The number of allylic oxidation sites excluding steroid dienone is 8. The molecule has 0 aromatic heterocycles. The number of unbranched alkanes of at least 4 members (excludes halogenated alkanes) is 33. The van der Waals surface area contributed by atoms with Gasteiger partial charge in [0.2, 0.25) is 0 Å². The van der Waals surface area contributed by atoms with E-state index in [0.717, 1.165) is 51.4 Å². The Morgan fingerprint density at radius 2 is 0.892 bits per heavy atom. The molecule has 0 spiro atoms. The predicted octanol–water partition coefficient (Wildman–Crippen LogP) is 15.4. The topological polar surface area (TPSA) is 178 Å². The van der Waals surface area contributed by atoms with Gasteiger partial charge in [-0.3, -0.25) is 9.35 Å². The summed E-state index contributed by atoms with van der Waals surface area (Å²) < 4.78 is 59.5. The Morgan fingerprint density at radius 3 is 1.28 bits per heavy atom. The number of aliphatic hydroxyl groups excluding tert-OH is 3. The minimum absolute atomic E-state index is 0.0346. The molecule has 1 heterocycles. The van der Waals surface area contributed by atoms with Gasteiger partial charge < -0.3 is 34.3 Å². The van der Waals surface area contributed by atoms with Crippen LogP contribution in [0.3, 0.4) is 0 Å². The molecular formula is C61H112O12S. The van der Waals surface area contributed by atoms with Gasteiger partial charge in [-0.2, -0.15) is 8.42 Å². The molecule has 1 aliphatic rings. The maximum atomic E-state index is 13.0. The van der Waals surface area contributed by atoms with Gasteiger partial charge in [-0.15, -0.1) is 0 Å². The molecule has 434 valence electrons. The second-order valence-corrected chi connectivity index (χ2v) is 22.0. The normalized spacial score (nSPS) is 19.0. The van der Waals surface area contributed by atoms with E-state index in [0.29, 0.717) is 13.0 Å². The van der Waals surface area contributed by atoms with E-state index in [9.17, 15) is 33.1 Å². The zero-order valence-electron chi connectivity index (χ0n) is 47.2. The molecule has 0 aromatic carbocycles. The molecule has 0 amide bonds. The number of aliphatic hydroxyl groups is 3. The molecule has 13 heteroatoms. The number of carbonyl (C=O) groups is 1. The first-order valence-electron chi connectivity index (χ1n) is 30.4. The van der Waals surface area contributed by atoms with Gasteiger partial charge in [-0.1, -0.05) is 236 Å². The predicted molar refractivity (Wildman–Crippen MR) is 303 cm³/mol. The molecule has 6 atom stereocenters. The monoisotopic (exact) mass is 1070 g/mol. The lowest BCUT2D eigenvalue weighted by molar-refractivity contribution is -0.301. The van der Waals surface area contributed by atoms with Crippen LogP contribution < -0.4 is 0 Å². The Labute approximate surface area is 453 Å². The third-order valence-corrected chi connectivity index (χ3v) is 14.4. The average molecular weight is 1070 g/mol. The fourth-order valence-electron chi connectivity index (χ4n) is 9.32. The summed E-state index contributed by atoms with van der Waals surface area (Å²) in [5, 5.41) is 30.9. The van der Waals surface area contributed by atoms with Gasteiger partial charge in [0, 0.05) is 13.0 Å². The van der Waals surface area contributed by atoms with E-state index < -0.39 is 59.8 Å². The summed E-state index contributed by atoms with van der Waals surface area (Å²) in [6.07, 6.45) is 57.2. The largest absolute Gasteiger partial charge is 0.457 e. The Hall–Kier alpha value is -1.94. The lowest BCUT2D eigenvalue weighted by atomic mass is 9.99. The van der Waals surface area contributed by atoms with Crippen molar-refractivity contribution < 1.29 is 56.2 Å². The molecule has 6 unspecified atom stereocenters. The van der Waals surface area contributed by atoms with Crippen LogP contribution in [-0.2, 0) is 38.3 Å². The number of esters is 1. The standard InChI is InChI=1S/C61H112O12S/c1-3-5-7-9-11-13-15-17-19-21-23-25-27-28-29-30-32-34-36-38-40-42-44-46-48-50-57(63)71-55(54-70-61-59(65)60(73-74(66,67)68)58(64)56(52-62)72-61)53-69-51-49-47-45-43-41-39-37-35-33-31-26-24-22-20-18-16-14-12-10-8-6-4-2/h15-18,21-24,55-56,58-62,64-65H,3-14,19-20,25-54H2,1-2H3,(H,66,67,68)/b17-15-,18-16-,23-21-,24-22-. The molecule has 74 heavy (non-hydrogen) atoms. The van der Waals surface area contributed by atoms with Crippen molar-refractivity contribution in [2.24, 2.45) is 0 Å². The molecular weight excluding hydrogens is 957 g/mol. The summed E-state index contributed by atoms with van der Waals surface area (Å²) >= 11 is 0. The highest BCUT2D eigenvalue weighted by Gasteiger charge is 2.48. The minimum atomic E-state index is -5.07. The van der Waals surface area contributed by atoms with Gasteiger partial charge in [0.1, 0.15) is 30.5 Å². The second kappa shape index (κ2) is 51.8. The Morgan fingerprint density at radius 1 is 0.514 bits per heavy atom. The third kappa shape index (κ3) is 44.1. The smallest absolute Gasteiger partial charge is 0.397 e. The van der Waals surface area contributed by atoms with E-state index in [2.05, 4.69) is 66.6 Å². The first kappa shape index (κ1) is 70.1. The van der Waals surface area contributed by atoms with Gasteiger partial charge in [-0.25, -0.2) is 4.18 Å². The Balaban J connectivity index is 2.27. The zero-order chi connectivity index (χ0) is 53.8. The maximum absolute atomic E-state index is 13.0. The molecule has 0 aliphatic carbocycles. The summed E-state index contributed by atoms with van der Waals surface area (Å²) in [6.45, 7) is 4.01. The van der Waals surface area contributed by atoms with Crippen LogP contribution in [0.25, 0.3) is 0 Å². The second-order valence-electron chi connectivity index (χ2n) is 20.9. The summed E-state index contributed by atoms with van der Waals surface area (Å²) in [5.41, 5.74) is 0. The van der Waals surface area contributed by atoms with Crippen molar-refractivity contribution >= 4 is 16.4 Å². The van der Waals surface area contributed by atoms with Crippen molar-refractivity contribution in [1.82, 2.24) is 0 Å². The van der Waals surface area contributed by atoms with Gasteiger partial charge in [0.05, 0.1) is 19.8 Å². The van der Waals surface area contributed by atoms with E-state index in [1.165, 1.54) is 193 Å². The molecule has 4 N–H and O–H groups in total. The lowest BCUT2D eigenvalue weighted by Gasteiger charge is -2.41. The van der Waals surface area contributed by atoms with Crippen LogP contribution in [0.2, 0.25) is 0 Å². The first-order chi connectivity index (χ1) is 36.1. The molecule has 0 bridgehead atoms. The van der Waals surface area contributed by atoms with Gasteiger partial charge in [0.15, 0.2) is 6.29 Å². The molecule has 1 saturated heterocycles. The fourth-order valence-corrected chi connectivity index (χ4v) is 9.83. The number of hydrogen-bond acceptors (Lipinski definition) is 11. The minimum Gasteiger partial charge on any atom is -0.457 e. The van der Waals surface area contributed by atoms with Crippen molar-refractivity contribution in [3.8, 4) is 0 Å².